The first-order valence-corrected chi connectivity index (χ1v) is 10.0. The van der Waals surface area contributed by atoms with E-state index >= 15 is 0 Å². The molecule has 7 heteroatoms. The highest BCUT2D eigenvalue weighted by atomic mass is 35.5. The van der Waals surface area contributed by atoms with Crippen molar-refractivity contribution < 1.29 is 9.59 Å². The Bertz CT molecular complexity index is 1130. The molecule has 0 saturated heterocycles. The van der Waals surface area contributed by atoms with Crippen molar-refractivity contribution in [3.63, 3.8) is 0 Å². The molecule has 3 aromatic rings. The molecule has 0 atom stereocenters. The Labute approximate surface area is 181 Å². The van der Waals surface area contributed by atoms with Crippen LogP contribution in [-0.2, 0) is 11.2 Å². The predicted octanol–water partition coefficient (Wildman–Crippen LogP) is 4.30. The molecule has 1 aromatic heterocycles. The fourth-order valence-electron chi connectivity index (χ4n) is 3.40. The van der Waals surface area contributed by atoms with Gasteiger partial charge < -0.3 is 10.6 Å². The molecule has 0 aliphatic rings. The standard InChI is InChI=1S/C23H25ClN4O2/c1-13-9-10-17(11-20(13)24)28-16(4)19(15(3)27-28)12-22(29)26-21-8-6-7-18(14(21)2)23(30)25-5/h6-11H,12H2,1-5H3,(H,25,30)(H,26,29). The van der Waals surface area contributed by atoms with E-state index in [1.165, 1.54) is 0 Å². The fourth-order valence-corrected chi connectivity index (χ4v) is 3.58. The second kappa shape index (κ2) is 8.71. The number of hydrogen-bond acceptors (Lipinski definition) is 3. The average Bonchev–Trinajstić information content (AvgIpc) is 2.99. The molecule has 156 valence electrons. The van der Waals surface area contributed by atoms with Gasteiger partial charge in [0.25, 0.3) is 5.91 Å². The van der Waals surface area contributed by atoms with E-state index in [1.807, 2.05) is 45.9 Å². The zero-order chi connectivity index (χ0) is 22.0. The zero-order valence-electron chi connectivity index (χ0n) is 17.8. The van der Waals surface area contributed by atoms with Crippen LogP contribution in [0.25, 0.3) is 5.69 Å². The third-order valence-corrected chi connectivity index (χ3v) is 5.67. The number of nitrogens with zero attached hydrogens (tertiary/aromatic N) is 2. The van der Waals surface area contributed by atoms with Gasteiger partial charge in [-0.05, 0) is 63.1 Å². The summed E-state index contributed by atoms with van der Waals surface area (Å²) >= 11 is 6.26. The van der Waals surface area contributed by atoms with E-state index < -0.39 is 0 Å². The summed E-state index contributed by atoms with van der Waals surface area (Å²) in [6.45, 7) is 7.59. The van der Waals surface area contributed by atoms with Crippen molar-refractivity contribution in [2.45, 2.75) is 34.1 Å². The van der Waals surface area contributed by atoms with E-state index in [0.29, 0.717) is 16.3 Å². The topological polar surface area (TPSA) is 76.0 Å². The largest absolute Gasteiger partial charge is 0.355 e. The van der Waals surface area contributed by atoms with Gasteiger partial charge in [0.05, 0.1) is 17.8 Å². The van der Waals surface area contributed by atoms with Crippen molar-refractivity contribution in [1.29, 1.82) is 0 Å². The van der Waals surface area contributed by atoms with Crippen molar-refractivity contribution in [2.24, 2.45) is 0 Å². The number of rotatable bonds is 5. The van der Waals surface area contributed by atoms with Crippen LogP contribution in [-0.4, -0.2) is 28.6 Å². The van der Waals surface area contributed by atoms with Crippen LogP contribution in [0.5, 0.6) is 0 Å². The molecule has 0 bridgehead atoms. The SMILES string of the molecule is CNC(=O)c1cccc(NC(=O)Cc2c(C)nn(-c3ccc(C)c(Cl)c3)c2C)c1C. The molecule has 2 aromatic carbocycles. The molecule has 1 heterocycles. The van der Waals surface area contributed by atoms with E-state index in [0.717, 1.165) is 33.8 Å². The summed E-state index contributed by atoms with van der Waals surface area (Å²) in [6.07, 6.45) is 0.181. The van der Waals surface area contributed by atoms with Crippen molar-refractivity contribution in [3.05, 3.63) is 75.1 Å². The number of nitrogens with one attached hydrogen (secondary N) is 2. The maximum Gasteiger partial charge on any atom is 0.251 e. The van der Waals surface area contributed by atoms with Gasteiger partial charge in [-0.2, -0.15) is 5.10 Å². The molecule has 2 amide bonds. The van der Waals surface area contributed by atoms with Crippen LogP contribution in [0.3, 0.4) is 0 Å². The van der Waals surface area contributed by atoms with Gasteiger partial charge in [0.1, 0.15) is 0 Å². The van der Waals surface area contributed by atoms with Crippen molar-refractivity contribution in [3.8, 4) is 5.69 Å². The molecule has 0 unspecified atom stereocenters. The summed E-state index contributed by atoms with van der Waals surface area (Å²) in [5.74, 6) is -0.354. The minimum Gasteiger partial charge on any atom is -0.355 e. The number of aromatic nitrogens is 2. The van der Waals surface area contributed by atoms with Crippen LogP contribution >= 0.6 is 11.6 Å². The van der Waals surface area contributed by atoms with Gasteiger partial charge in [0.2, 0.25) is 5.91 Å². The lowest BCUT2D eigenvalue weighted by atomic mass is 10.1. The molecule has 2 N–H and O–H groups in total. The van der Waals surface area contributed by atoms with Crippen molar-refractivity contribution in [1.82, 2.24) is 15.1 Å². The normalized spacial score (nSPS) is 10.7. The average molecular weight is 425 g/mol. The van der Waals surface area contributed by atoms with Crippen molar-refractivity contribution in [2.75, 3.05) is 12.4 Å². The van der Waals surface area contributed by atoms with E-state index in [9.17, 15) is 9.59 Å². The van der Waals surface area contributed by atoms with Crippen LogP contribution in [0, 0.1) is 27.7 Å². The monoisotopic (exact) mass is 424 g/mol. The van der Waals surface area contributed by atoms with Crippen LogP contribution in [0.1, 0.15) is 38.4 Å². The first-order chi connectivity index (χ1) is 14.2. The number of carbonyl (C=O) groups is 2. The molecule has 30 heavy (non-hydrogen) atoms. The zero-order valence-corrected chi connectivity index (χ0v) is 18.5. The highest BCUT2D eigenvalue weighted by molar-refractivity contribution is 6.31. The number of anilines is 1. The van der Waals surface area contributed by atoms with Gasteiger partial charge in [-0.1, -0.05) is 23.7 Å². The summed E-state index contributed by atoms with van der Waals surface area (Å²) in [6, 6.07) is 11.0. The highest BCUT2D eigenvalue weighted by Gasteiger charge is 2.18. The minimum atomic E-state index is -0.187. The number of amides is 2. The van der Waals surface area contributed by atoms with Crippen LogP contribution in [0.2, 0.25) is 5.02 Å². The molecule has 0 aliphatic carbocycles. The fraction of sp³-hybridized carbons (Fsp3) is 0.261. The Balaban J connectivity index is 1.84. The number of aryl methyl sites for hydroxylation is 2. The lowest BCUT2D eigenvalue weighted by Gasteiger charge is -2.12. The van der Waals surface area contributed by atoms with E-state index in [4.69, 9.17) is 11.6 Å². The third kappa shape index (κ3) is 4.24. The van der Waals surface area contributed by atoms with Crippen LogP contribution in [0.4, 0.5) is 5.69 Å². The highest BCUT2D eigenvalue weighted by Crippen LogP contribution is 2.24. The summed E-state index contributed by atoms with van der Waals surface area (Å²) in [7, 11) is 1.58. The predicted molar refractivity (Wildman–Crippen MR) is 120 cm³/mol. The van der Waals surface area contributed by atoms with E-state index in [-0.39, 0.29) is 18.2 Å². The van der Waals surface area contributed by atoms with Gasteiger partial charge in [0.15, 0.2) is 0 Å². The number of benzene rings is 2. The van der Waals surface area contributed by atoms with Crippen molar-refractivity contribution >= 4 is 29.1 Å². The third-order valence-electron chi connectivity index (χ3n) is 5.26. The molecular weight excluding hydrogens is 400 g/mol. The molecule has 0 aliphatic heterocycles. The smallest absolute Gasteiger partial charge is 0.251 e. The van der Waals surface area contributed by atoms with Crippen LogP contribution < -0.4 is 10.6 Å². The van der Waals surface area contributed by atoms with Gasteiger partial charge >= 0.3 is 0 Å². The summed E-state index contributed by atoms with van der Waals surface area (Å²) in [4.78, 5) is 24.8. The number of carbonyl (C=O) groups excluding carboxylic acids is 2. The lowest BCUT2D eigenvalue weighted by molar-refractivity contribution is -0.115. The van der Waals surface area contributed by atoms with Gasteiger partial charge in [0, 0.05) is 34.6 Å². The van der Waals surface area contributed by atoms with Gasteiger partial charge in [-0.3, -0.25) is 9.59 Å². The van der Waals surface area contributed by atoms with Gasteiger partial charge in [-0.15, -0.1) is 0 Å². The van der Waals surface area contributed by atoms with Crippen LogP contribution in [0.15, 0.2) is 36.4 Å². The Morgan fingerprint density at radius 2 is 1.83 bits per heavy atom. The minimum absolute atomic E-state index is 0.167. The van der Waals surface area contributed by atoms with E-state index in [1.54, 1.807) is 29.9 Å². The second-order valence-corrected chi connectivity index (χ2v) is 7.68. The maximum atomic E-state index is 12.8. The quantitative estimate of drug-likeness (QED) is 0.641. The molecular formula is C23H25ClN4O2. The molecule has 0 saturated carbocycles. The lowest BCUT2D eigenvalue weighted by Crippen LogP contribution is -2.21. The number of halogens is 1. The Morgan fingerprint density at radius 1 is 1.10 bits per heavy atom. The molecule has 6 nitrogen and oxygen atoms in total. The van der Waals surface area contributed by atoms with Gasteiger partial charge in [-0.25, -0.2) is 4.68 Å². The summed E-state index contributed by atoms with van der Waals surface area (Å²) in [5, 5.41) is 10.8. The molecule has 3 rings (SSSR count). The second-order valence-electron chi connectivity index (χ2n) is 7.28. The molecule has 0 radical (unpaired) electrons. The maximum absolute atomic E-state index is 12.8. The Hall–Kier alpha value is -3.12. The Morgan fingerprint density at radius 3 is 2.50 bits per heavy atom. The Kier molecular flexibility index (Phi) is 6.27. The summed E-state index contributed by atoms with van der Waals surface area (Å²) in [5.41, 5.74) is 6.27. The van der Waals surface area contributed by atoms with E-state index in [2.05, 4.69) is 15.7 Å². The molecule has 0 spiro atoms. The summed E-state index contributed by atoms with van der Waals surface area (Å²) < 4.78 is 1.81. The first-order valence-electron chi connectivity index (χ1n) is 9.66. The first kappa shape index (κ1) is 21.6. The number of hydrogen-bond donors (Lipinski definition) is 2. The molecule has 0 fully saturated rings.